The van der Waals surface area contributed by atoms with Gasteiger partial charge in [-0.1, -0.05) is 13.0 Å². The van der Waals surface area contributed by atoms with E-state index >= 15 is 0 Å². The van der Waals surface area contributed by atoms with E-state index in [0.29, 0.717) is 11.4 Å². The molecular weight excluding hydrogens is 268 g/mol. The Morgan fingerprint density at radius 1 is 1.47 bits per heavy atom. The van der Waals surface area contributed by atoms with Crippen molar-refractivity contribution in [3.63, 3.8) is 0 Å². The summed E-state index contributed by atoms with van der Waals surface area (Å²) in [7, 11) is -2.70. The van der Waals surface area contributed by atoms with Crippen LogP contribution in [0.2, 0.25) is 0 Å². The largest absolute Gasteiger partial charge is 0.468 e. The molecule has 1 aromatic rings. The van der Waals surface area contributed by atoms with E-state index in [1.54, 1.807) is 12.1 Å². The van der Waals surface area contributed by atoms with Crippen LogP contribution in [0.5, 0.6) is 0 Å². The average Bonchev–Trinajstić information content (AvgIpc) is 2.36. The summed E-state index contributed by atoms with van der Waals surface area (Å²) in [6.45, 7) is 3.22. The van der Waals surface area contributed by atoms with Crippen LogP contribution >= 0.6 is 0 Å². The van der Waals surface area contributed by atoms with Gasteiger partial charge in [-0.2, -0.15) is 0 Å². The van der Waals surface area contributed by atoms with Gasteiger partial charge in [0.05, 0.1) is 12.8 Å². The fraction of sp³-hybridized carbons (Fsp3) is 0.417. The lowest BCUT2D eigenvalue weighted by atomic mass is 10.1. The van der Waals surface area contributed by atoms with Crippen molar-refractivity contribution < 1.29 is 17.9 Å². The van der Waals surface area contributed by atoms with E-state index in [1.807, 2.05) is 6.92 Å². The van der Waals surface area contributed by atoms with Crippen molar-refractivity contribution in [1.29, 1.82) is 0 Å². The lowest BCUT2D eigenvalue weighted by Crippen LogP contribution is -2.33. The van der Waals surface area contributed by atoms with Crippen molar-refractivity contribution >= 4 is 27.4 Å². The molecule has 0 amide bonds. The molecule has 1 rings (SSSR count). The van der Waals surface area contributed by atoms with Gasteiger partial charge < -0.3 is 10.5 Å². The van der Waals surface area contributed by atoms with Gasteiger partial charge in [0.25, 0.3) is 0 Å². The highest BCUT2D eigenvalue weighted by Crippen LogP contribution is 2.20. The minimum Gasteiger partial charge on any atom is -0.468 e. The van der Waals surface area contributed by atoms with Crippen LogP contribution < -0.4 is 10.5 Å². The van der Waals surface area contributed by atoms with E-state index in [1.165, 1.54) is 13.0 Å². The number of carbonyl (C=O) groups is 1. The molecule has 1 aromatic carbocycles. The summed E-state index contributed by atoms with van der Waals surface area (Å²) in [6.07, 6.45) is 0.761. The summed E-state index contributed by atoms with van der Waals surface area (Å²) in [5.74, 6) is -0.814. The molecule has 3 N–H and O–H groups in total. The number of nitrogens with two attached hydrogens (primary N) is 1. The van der Waals surface area contributed by atoms with Crippen molar-refractivity contribution in [2.24, 2.45) is 0 Å². The second kappa shape index (κ2) is 5.92. The number of rotatable bonds is 5. The summed E-state index contributed by atoms with van der Waals surface area (Å²) in [5.41, 5.74) is 7.55. The molecule has 19 heavy (non-hydrogen) atoms. The summed E-state index contributed by atoms with van der Waals surface area (Å²) in [4.78, 5) is 11.2. The van der Waals surface area contributed by atoms with Crippen molar-refractivity contribution in [2.75, 3.05) is 17.6 Å². The van der Waals surface area contributed by atoms with Crippen molar-refractivity contribution in [1.82, 2.24) is 0 Å². The van der Waals surface area contributed by atoms with Crippen molar-refractivity contribution in [3.05, 3.63) is 23.8 Å². The Labute approximate surface area is 113 Å². The number of sulfonamides is 1. The molecule has 7 heteroatoms. The minimum atomic E-state index is -3.84. The van der Waals surface area contributed by atoms with Crippen molar-refractivity contribution in [2.45, 2.75) is 25.5 Å². The molecular formula is C12H18N2O4S. The third-order valence-corrected chi connectivity index (χ3v) is 4.43. The maximum atomic E-state index is 11.9. The second-order valence-electron chi connectivity index (χ2n) is 4.08. The van der Waals surface area contributed by atoms with Crippen LogP contribution in [-0.2, 0) is 26.0 Å². The molecule has 1 unspecified atom stereocenters. The number of benzene rings is 1. The van der Waals surface area contributed by atoms with Crippen LogP contribution in [0.3, 0.4) is 0 Å². The van der Waals surface area contributed by atoms with Crippen LogP contribution in [0.25, 0.3) is 0 Å². The van der Waals surface area contributed by atoms with Crippen LogP contribution in [0.4, 0.5) is 11.4 Å². The first-order valence-corrected chi connectivity index (χ1v) is 7.34. The zero-order chi connectivity index (χ0) is 14.6. The molecule has 0 aromatic heterocycles. The summed E-state index contributed by atoms with van der Waals surface area (Å²) in [5, 5.41) is -1.29. The average molecular weight is 286 g/mol. The standard InChI is InChI=1S/C12H18N2O4S/c1-4-9-5-6-10(7-11(9)13)14-19(16,17)8(2)12(15)18-3/h5-8,14H,4,13H2,1-3H3. The van der Waals surface area contributed by atoms with Gasteiger partial charge in [0.2, 0.25) is 10.0 Å². The molecule has 0 radical (unpaired) electrons. The first-order valence-electron chi connectivity index (χ1n) is 5.79. The Bertz CT molecular complexity index is 569. The number of ether oxygens (including phenoxy) is 1. The fourth-order valence-corrected chi connectivity index (χ4v) is 2.51. The Kier molecular flexibility index (Phi) is 4.77. The minimum absolute atomic E-state index is 0.324. The summed E-state index contributed by atoms with van der Waals surface area (Å²) >= 11 is 0. The van der Waals surface area contributed by atoms with Crippen LogP contribution in [-0.4, -0.2) is 26.7 Å². The highest BCUT2D eigenvalue weighted by Gasteiger charge is 2.28. The number of nitrogens with one attached hydrogen (secondary N) is 1. The lowest BCUT2D eigenvalue weighted by Gasteiger charge is -2.14. The first-order chi connectivity index (χ1) is 8.81. The van der Waals surface area contributed by atoms with E-state index in [2.05, 4.69) is 9.46 Å². The summed E-state index contributed by atoms with van der Waals surface area (Å²) in [6, 6.07) is 4.88. The van der Waals surface area contributed by atoms with Crippen LogP contribution in [0.15, 0.2) is 18.2 Å². The number of hydrogen-bond acceptors (Lipinski definition) is 5. The van der Waals surface area contributed by atoms with Gasteiger partial charge in [-0.3, -0.25) is 9.52 Å². The topological polar surface area (TPSA) is 98.5 Å². The number of anilines is 2. The molecule has 0 saturated carbocycles. The summed E-state index contributed by atoms with van der Waals surface area (Å²) < 4.78 is 30.6. The van der Waals surface area contributed by atoms with E-state index in [-0.39, 0.29) is 0 Å². The molecule has 1 atom stereocenters. The van der Waals surface area contributed by atoms with Gasteiger partial charge in [-0.25, -0.2) is 8.42 Å². The zero-order valence-electron chi connectivity index (χ0n) is 11.1. The number of carbonyl (C=O) groups excluding carboxylic acids is 1. The van der Waals surface area contributed by atoms with E-state index < -0.39 is 21.2 Å². The molecule has 106 valence electrons. The molecule has 0 spiro atoms. The molecule has 0 fully saturated rings. The van der Waals surface area contributed by atoms with E-state index in [0.717, 1.165) is 19.1 Å². The third-order valence-electron chi connectivity index (χ3n) is 2.79. The van der Waals surface area contributed by atoms with E-state index in [4.69, 9.17) is 5.73 Å². The predicted octanol–water partition coefficient (Wildman–Crippen LogP) is 1.13. The molecule has 0 heterocycles. The van der Waals surface area contributed by atoms with Gasteiger partial charge in [0.15, 0.2) is 5.25 Å². The number of nitrogen functional groups attached to an aromatic ring is 1. The first kappa shape index (κ1) is 15.3. The monoisotopic (exact) mass is 286 g/mol. The highest BCUT2D eigenvalue weighted by atomic mass is 32.2. The lowest BCUT2D eigenvalue weighted by molar-refractivity contribution is -0.139. The Morgan fingerprint density at radius 2 is 2.11 bits per heavy atom. The van der Waals surface area contributed by atoms with Gasteiger partial charge in [0.1, 0.15) is 0 Å². The zero-order valence-corrected chi connectivity index (χ0v) is 12.0. The van der Waals surface area contributed by atoms with Gasteiger partial charge in [-0.15, -0.1) is 0 Å². The molecule has 0 aliphatic carbocycles. The molecule has 0 saturated heterocycles. The maximum absolute atomic E-state index is 11.9. The Morgan fingerprint density at radius 3 is 2.58 bits per heavy atom. The van der Waals surface area contributed by atoms with Crippen LogP contribution in [0, 0.1) is 0 Å². The quantitative estimate of drug-likeness (QED) is 0.624. The van der Waals surface area contributed by atoms with Crippen LogP contribution in [0.1, 0.15) is 19.4 Å². The number of esters is 1. The normalized spacial score (nSPS) is 12.8. The van der Waals surface area contributed by atoms with Gasteiger partial charge in [0, 0.05) is 5.69 Å². The molecule has 6 nitrogen and oxygen atoms in total. The molecule has 0 bridgehead atoms. The maximum Gasteiger partial charge on any atom is 0.325 e. The third kappa shape index (κ3) is 3.60. The molecule has 0 aliphatic heterocycles. The molecule has 0 aliphatic rings. The van der Waals surface area contributed by atoms with Crippen molar-refractivity contribution in [3.8, 4) is 0 Å². The van der Waals surface area contributed by atoms with E-state index in [9.17, 15) is 13.2 Å². The highest BCUT2D eigenvalue weighted by molar-refractivity contribution is 7.94. The second-order valence-corrected chi connectivity index (χ2v) is 6.08. The smallest absolute Gasteiger partial charge is 0.325 e. The Hall–Kier alpha value is -1.76. The number of methoxy groups -OCH3 is 1. The predicted molar refractivity (Wildman–Crippen MR) is 74.3 cm³/mol. The SMILES string of the molecule is CCc1ccc(NS(=O)(=O)C(C)C(=O)OC)cc1N. The van der Waals surface area contributed by atoms with Gasteiger partial charge >= 0.3 is 5.97 Å². The number of hydrogen-bond donors (Lipinski definition) is 2. The van der Waals surface area contributed by atoms with Gasteiger partial charge in [-0.05, 0) is 31.0 Å². The number of aryl methyl sites for hydroxylation is 1. The fourth-order valence-electron chi connectivity index (χ4n) is 1.53. The Balaban J connectivity index is 2.96.